The average Bonchev–Trinajstić information content (AvgIpc) is 1.98. The number of hydrogen-bond acceptors (Lipinski definition) is 2. The summed E-state index contributed by atoms with van der Waals surface area (Å²) in [7, 11) is 4.25. The standard InChI is InChI=1S/C9H21BrN2/c1-5-12(7-6-10)9(2)8-11(3)4/h9H,5-8H2,1-4H3. The fourth-order valence-corrected chi connectivity index (χ4v) is 1.90. The van der Waals surface area contributed by atoms with Crippen LogP contribution in [0.25, 0.3) is 0 Å². The third kappa shape index (κ3) is 5.12. The molecule has 0 spiro atoms. The lowest BCUT2D eigenvalue weighted by molar-refractivity contribution is 0.192. The van der Waals surface area contributed by atoms with Crippen molar-refractivity contribution in [2.45, 2.75) is 19.9 Å². The van der Waals surface area contributed by atoms with Crippen LogP contribution in [-0.2, 0) is 0 Å². The molecule has 0 aromatic rings. The van der Waals surface area contributed by atoms with Gasteiger partial charge >= 0.3 is 0 Å². The summed E-state index contributed by atoms with van der Waals surface area (Å²) < 4.78 is 0. The molecule has 0 N–H and O–H groups in total. The molecule has 0 saturated carbocycles. The van der Waals surface area contributed by atoms with Gasteiger partial charge in [-0.1, -0.05) is 22.9 Å². The van der Waals surface area contributed by atoms with E-state index < -0.39 is 0 Å². The van der Waals surface area contributed by atoms with Crippen LogP contribution < -0.4 is 0 Å². The summed E-state index contributed by atoms with van der Waals surface area (Å²) in [6.45, 7) is 7.92. The highest BCUT2D eigenvalue weighted by atomic mass is 79.9. The van der Waals surface area contributed by atoms with E-state index >= 15 is 0 Å². The maximum Gasteiger partial charge on any atom is 0.0194 e. The van der Waals surface area contributed by atoms with Gasteiger partial charge in [-0.3, -0.25) is 4.90 Å². The Morgan fingerprint density at radius 3 is 2.25 bits per heavy atom. The smallest absolute Gasteiger partial charge is 0.0194 e. The predicted octanol–water partition coefficient (Wildman–Crippen LogP) is 1.65. The molecule has 1 atom stereocenters. The van der Waals surface area contributed by atoms with Gasteiger partial charge in [0.2, 0.25) is 0 Å². The van der Waals surface area contributed by atoms with E-state index in [1.807, 2.05) is 0 Å². The van der Waals surface area contributed by atoms with Crippen LogP contribution in [0.15, 0.2) is 0 Å². The Bertz CT molecular complexity index is 107. The Balaban J connectivity index is 3.76. The molecule has 2 nitrogen and oxygen atoms in total. The first-order chi connectivity index (χ1) is 5.61. The van der Waals surface area contributed by atoms with Crippen molar-refractivity contribution in [3.05, 3.63) is 0 Å². The van der Waals surface area contributed by atoms with Crippen LogP contribution in [0.3, 0.4) is 0 Å². The molecule has 0 radical (unpaired) electrons. The predicted molar refractivity (Wildman–Crippen MR) is 59.1 cm³/mol. The molecule has 0 amide bonds. The van der Waals surface area contributed by atoms with E-state index in [-0.39, 0.29) is 0 Å². The molecule has 1 unspecified atom stereocenters. The van der Waals surface area contributed by atoms with Crippen molar-refractivity contribution in [3.8, 4) is 0 Å². The minimum atomic E-state index is 0.655. The molecule has 3 heteroatoms. The van der Waals surface area contributed by atoms with Crippen LogP contribution in [0.4, 0.5) is 0 Å². The van der Waals surface area contributed by atoms with E-state index in [0.29, 0.717) is 6.04 Å². The first kappa shape index (κ1) is 12.4. The van der Waals surface area contributed by atoms with Crippen molar-refractivity contribution < 1.29 is 0 Å². The molecule has 74 valence electrons. The summed E-state index contributed by atoms with van der Waals surface area (Å²) in [5.74, 6) is 0. The van der Waals surface area contributed by atoms with E-state index in [1.165, 1.54) is 0 Å². The highest BCUT2D eigenvalue weighted by Gasteiger charge is 2.11. The molecule has 0 bridgehead atoms. The van der Waals surface area contributed by atoms with Crippen molar-refractivity contribution in [2.24, 2.45) is 0 Å². The zero-order valence-electron chi connectivity index (χ0n) is 8.68. The van der Waals surface area contributed by atoms with Gasteiger partial charge in [0.15, 0.2) is 0 Å². The first-order valence-electron chi connectivity index (χ1n) is 4.56. The van der Waals surface area contributed by atoms with E-state index in [4.69, 9.17) is 0 Å². The Morgan fingerprint density at radius 1 is 1.33 bits per heavy atom. The SMILES string of the molecule is CCN(CCBr)C(C)CN(C)C. The van der Waals surface area contributed by atoms with Crippen molar-refractivity contribution in [3.63, 3.8) is 0 Å². The van der Waals surface area contributed by atoms with Crippen LogP contribution in [0.2, 0.25) is 0 Å². The van der Waals surface area contributed by atoms with Crippen LogP contribution in [0.1, 0.15) is 13.8 Å². The van der Waals surface area contributed by atoms with Crippen molar-refractivity contribution in [1.82, 2.24) is 9.80 Å². The molecule has 0 fully saturated rings. The van der Waals surface area contributed by atoms with E-state index in [2.05, 4.69) is 53.7 Å². The molecule has 0 aliphatic carbocycles. The van der Waals surface area contributed by atoms with E-state index in [9.17, 15) is 0 Å². The average molecular weight is 237 g/mol. The number of nitrogens with zero attached hydrogens (tertiary/aromatic N) is 2. The van der Waals surface area contributed by atoms with Gasteiger partial charge in [0.25, 0.3) is 0 Å². The van der Waals surface area contributed by atoms with Crippen molar-refractivity contribution >= 4 is 15.9 Å². The van der Waals surface area contributed by atoms with E-state index in [0.717, 1.165) is 25.0 Å². The Hall–Kier alpha value is 0.400. The van der Waals surface area contributed by atoms with Gasteiger partial charge in [0, 0.05) is 24.5 Å². The highest BCUT2D eigenvalue weighted by molar-refractivity contribution is 9.09. The lowest BCUT2D eigenvalue weighted by atomic mass is 10.2. The summed E-state index contributed by atoms with van der Waals surface area (Å²) in [5, 5.41) is 1.07. The second-order valence-electron chi connectivity index (χ2n) is 3.43. The molecule has 0 rings (SSSR count). The van der Waals surface area contributed by atoms with Gasteiger partial charge < -0.3 is 4.90 Å². The number of halogens is 1. The van der Waals surface area contributed by atoms with Crippen LogP contribution >= 0.6 is 15.9 Å². The zero-order valence-corrected chi connectivity index (χ0v) is 10.3. The number of hydrogen-bond donors (Lipinski definition) is 0. The summed E-state index contributed by atoms with van der Waals surface area (Å²) in [4.78, 5) is 4.72. The Labute approximate surface area is 85.0 Å². The summed E-state index contributed by atoms with van der Waals surface area (Å²) >= 11 is 3.47. The summed E-state index contributed by atoms with van der Waals surface area (Å²) in [6.07, 6.45) is 0. The summed E-state index contributed by atoms with van der Waals surface area (Å²) in [6, 6.07) is 0.655. The molecular formula is C9H21BrN2. The highest BCUT2D eigenvalue weighted by Crippen LogP contribution is 2.00. The number of rotatable bonds is 6. The van der Waals surface area contributed by atoms with Gasteiger partial charge in [0.05, 0.1) is 0 Å². The van der Waals surface area contributed by atoms with Crippen LogP contribution in [0, 0.1) is 0 Å². The van der Waals surface area contributed by atoms with E-state index in [1.54, 1.807) is 0 Å². The van der Waals surface area contributed by atoms with Crippen LogP contribution in [0.5, 0.6) is 0 Å². The maximum atomic E-state index is 3.47. The van der Waals surface area contributed by atoms with Gasteiger partial charge in [-0.25, -0.2) is 0 Å². The fourth-order valence-electron chi connectivity index (χ4n) is 1.44. The third-order valence-corrected chi connectivity index (χ3v) is 2.39. The minimum Gasteiger partial charge on any atom is -0.308 e. The minimum absolute atomic E-state index is 0.655. The van der Waals surface area contributed by atoms with Gasteiger partial charge in [-0.2, -0.15) is 0 Å². The number of alkyl halides is 1. The van der Waals surface area contributed by atoms with Crippen molar-refractivity contribution in [2.75, 3.05) is 39.1 Å². The van der Waals surface area contributed by atoms with Crippen molar-refractivity contribution in [1.29, 1.82) is 0 Å². The fraction of sp³-hybridized carbons (Fsp3) is 1.00. The largest absolute Gasteiger partial charge is 0.308 e. The zero-order chi connectivity index (χ0) is 9.56. The van der Waals surface area contributed by atoms with Crippen LogP contribution in [-0.4, -0.2) is 54.9 Å². The monoisotopic (exact) mass is 236 g/mol. The third-order valence-electron chi connectivity index (χ3n) is 2.03. The second-order valence-corrected chi connectivity index (χ2v) is 4.22. The molecule has 0 aromatic heterocycles. The van der Waals surface area contributed by atoms with Gasteiger partial charge in [0.1, 0.15) is 0 Å². The first-order valence-corrected chi connectivity index (χ1v) is 5.68. The quantitative estimate of drug-likeness (QED) is 0.648. The molecule has 0 heterocycles. The Morgan fingerprint density at radius 2 is 1.92 bits per heavy atom. The van der Waals surface area contributed by atoms with Gasteiger partial charge in [-0.05, 0) is 27.6 Å². The van der Waals surface area contributed by atoms with Gasteiger partial charge in [-0.15, -0.1) is 0 Å². The number of likely N-dealkylation sites (N-methyl/N-ethyl adjacent to an activating group) is 2. The normalized spacial score (nSPS) is 14.2. The molecular weight excluding hydrogens is 216 g/mol. The summed E-state index contributed by atoms with van der Waals surface area (Å²) in [5.41, 5.74) is 0. The molecule has 0 aliphatic heterocycles. The lowest BCUT2D eigenvalue weighted by Gasteiger charge is -2.29. The maximum absolute atomic E-state index is 3.47. The Kier molecular flexibility index (Phi) is 7.10. The molecule has 12 heavy (non-hydrogen) atoms. The molecule has 0 aromatic carbocycles. The lowest BCUT2D eigenvalue weighted by Crippen LogP contribution is -2.40. The topological polar surface area (TPSA) is 6.48 Å². The second kappa shape index (κ2) is 6.87. The molecule has 0 saturated heterocycles. The molecule has 0 aliphatic rings.